The van der Waals surface area contributed by atoms with Crippen LogP contribution in [0.25, 0.3) is 132 Å². The first kappa shape index (κ1) is 40.4. The molecule has 0 aliphatic rings. The molecule has 0 amide bonds. The number of benzene rings is 11. The second-order valence-electron chi connectivity index (χ2n) is 18.3. The molecular formula is C67H42N4. The first-order chi connectivity index (χ1) is 35.2. The highest BCUT2D eigenvalue weighted by molar-refractivity contribution is 6.22. The van der Waals surface area contributed by atoms with E-state index in [1.54, 1.807) is 0 Å². The maximum atomic E-state index is 9.24. The van der Waals surface area contributed by atoms with Crippen LogP contribution in [0.4, 0.5) is 5.69 Å². The number of hydrogen-bond acceptors (Lipinski definition) is 0. The van der Waals surface area contributed by atoms with Crippen LogP contribution in [0.3, 0.4) is 0 Å². The van der Waals surface area contributed by atoms with Gasteiger partial charge in [-0.1, -0.05) is 182 Å². The third kappa shape index (κ3) is 6.38. The van der Waals surface area contributed by atoms with Gasteiger partial charge in [-0.15, -0.1) is 0 Å². The molecule has 0 fully saturated rings. The Morgan fingerprint density at radius 3 is 1.04 bits per heavy atom. The van der Waals surface area contributed by atoms with Crippen molar-refractivity contribution in [2.75, 3.05) is 0 Å². The molecule has 11 aromatic carbocycles. The summed E-state index contributed by atoms with van der Waals surface area (Å²) < 4.78 is 7.21. The fourth-order valence-corrected chi connectivity index (χ4v) is 11.2. The number of rotatable bonds is 7. The SMILES string of the molecule is [C-]#[N+]c1cc(-n2c3ccc(-c4ccccc4)cc3c3cc(-c4ccccc4)ccc32)c2c(c1-n1c3ccc(-c4ccccc4)cc3c3cc(-c4ccccc4)ccc31)c1ccccc1n2-c1ccccc1. The van der Waals surface area contributed by atoms with Crippen molar-refractivity contribution in [2.45, 2.75) is 0 Å². The van der Waals surface area contributed by atoms with E-state index in [-0.39, 0.29) is 0 Å². The van der Waals surface area contributed by atoms with Gasteiger partial charge in [0, 0.05) is 38.0 Å². The molecule has 0 radical (unpaired) electrons. The van der Waals surface area contributed by atoms with Crippen LogP contribution in [0.2, 0.25) is 0 Å². The van der Waals surface area contributed by atoms with Gasteiger partial charge in [-0.05, 0) is 117 Å². The lowest BCUT2D eigenvalue weighted by Crippen LogP contribution is -2.03. The lowest BCUT2D eigenvalue weighted by Gasteiger charge is -2.19. The molecule has 0 atom stereocenters. The third-order valence-electron chi connectivity index (χ3n) is 14.4. The van der Waals surface area contributed by atoms with Crippen molar-refractivity contribution in [3.8, 4) is 61.6 Å². The summed E-state index contributed by atoms with van der Waals surface area (Å²) >= 11 is 0. The van der Waals surface area contributed by atoms with Crippen molar-refractivity contribution in [1.82, 2.24) is 13.7 Å². The van der Waals surface area contributed by atoms with Crippen LogP contribution in [0.1, 0.15) is 0 Å². The summed E-state index contributed by atoms with van der Waals surface area (Å²) in [7, 11) is 0. The Morgan fingerprint density at radius 2 is 0.634 bits per heavy atom. The van der Waals surface area contributed by atoms with Gasteiger partial charge in [-0.2, -0.15) is 0 Å². The monoisotopic (exact) mass is 902 g/mol. The Labute approximate surface area is 410 Å². The molecule has 14 aromatic rings. The lowest BCUT2D eigenvalue weighted by atomic mass is 10.0. The number of hydrogen-bond donors (Lipinski definition) is 0. The van der Waals surface area contributed by atoms with Crippen LogP contribution in [-0.4, -0.2) is 13.7 Å². The van der Waals surface area contributed by atoms with Crippen LogP contribution in [0, 0.1) is 6.57 Å². The van der Waals surface area contributed by atoms with Crippen LogP contribution in [0.15, 0.2) is 255 Å². The zero-order valence-corrected chi connectivity index (χ0v) is 38.5. The smallest absolute Gasteiger partial charge is 0.213 e. The molecule has 0 saturated heterocycles. The summed E-state index contributed by atoms with van der Waals surface area (Å²) in [5.74, 6) is 0. The molecule has 0 N–H and O–H groups in total. The fourth-order valence-electron chi connectivity index (χ4n) is 11.2. The zero-order chi connectivity index (χ0) is 47.0. The number of aromatic nitrogens is 3. The van der Waals surface area contributed by atoms with Gasteiger partial charge in [0.15, 0.2) is 0 Å². The average Bonchev–Trinajstić information content (AvgIpc) is 4.09. The molecule has 0 aliphatic carbocycles. The topological polar surface area (TPSA) is 19.1 Å². The summed E-state index contributed by atoms with van der Waals surface area (Å²) in [4.78, 5) is 4.55. The van der Waals surface area contributed by atoms with Crippen LogP contribution >= 0.6 is 0 Å². The Balaban J connectivity index is 1.14. The van der Waals surface area contributed by atoms with Crippen LogP contribution < -0.4 is 0 Å². The fraction of sp³-hybridized carbons (Fsp3) is 0. The van der Waals surface area contributed by atoms with Gasteiger partial charge >= 0.3 is 0 Å². The number of para-hydroxylation sites is 2. The third-order valence-corrected chi connectivity index (χ3v) is 14.4. The van der Waals surface area contributed by atoms with E-state index in [1.807, 2.05) is 0 Å². The molecular weight excluding hydrogens is 861 g/mol. The predicted octanol–water partition coefficient (Wildman–Crippen LogP) is 18.2. The minimum atomic E-state index is 0.568. The van der Waals surface area contributed by atoms with E-state index in [2.05, 4.69) is 273 Å². The second kappa shape index (κ2) is 16.2. The summed E-state index contributed by atoms with van der Waals surface area (Å²) in [5, 5.41) is 6.64. The predicted molar refractivity (Wildman–Crippen MR) is 297 cm³/mol. The Hall–Kier alpha value is -9.69. The second-order valence-corrected chi connectivity index (χ2v) is 18.3. The molecule has 3 heterocycles. The van der Waals surface area contributed by atoms with E-state index < -0.39 is 0 Å². The summed E-state index contributed by atoms with van der Waals surface area (Å²) in [6.07, 6.45) is 0. The van der Waals surface area contributed by atoms with Crippen LogP contribution in [0.5, 0.6) is 0 Å². The number of nitrogens with zero attached hydrogens (tertiary/aromatic N) is 4. The van der Waals surface area contributed by atoms with Gasteiger partial charge in [0.25, 0.3) is 0 Å². The molecule has 4 nitrogen and oxygen atoms in total. The van der Waals surface area contributed by atoms with Crippen molar-refractivity contribution in [1.29, 1.82) is 0 Å². The van der Waals surface area contributed by atoms with Crippen molar-refractivity contribution >= 4 is 71.1 Å². The zero-order valence-electron chi connectivity index (χ0n) is 38.5. The Bertz CT molecular complexity index is 4230. The average molecular weight is 903 g/mol. The molecule has 0 spiro atoms. The van der Waals surface area contributed by atoms with E-state index >= 15 is 0 Å². The number of fused-ring (bicyclic) bond motifs is 9. The maximum absolute atomic E-state index is 9.24. The van der Waals surface area contributed by atoms with Gasteiger partial charge in [-0.3, -0.25) is 0 Å². The first-order valence-corrected chi connectivity index (χ1v) is 24.1. The molecule has 330 valence electrons. The summed E-state index contributed by atoms with van der Waals surface area (Å²) in [5.41, 5.74) is 19.0. The van der Waals surface area contributed by atoms with E-state index in [9.17, 15) is 6.57 Å². The minimum Gasteiger partial charge on any atom is -0.318 e. The summed E-state index contributed by atoms with van der Waals surface area (Å²) in [6.45, 7) is 9.24. The Morgan fingerprint density at radius 1 is 0.282 bits per heavy atom. The molecule has 0 bridgehead atoms. The maximum Gasteiger partial charge on any atom is 0.213 e. The Kier molecular flexibility index (Phi) is 9.23. The summed E-state index contributed by atoms with van der Waals surface area (Å²) in [6, 6.07) is 91.4. The largest absolute Gasteiger partial charge is 0.318 e. The molecule has 0 saturated carbocycles. The van der Waals surface area contributed by atoms with Gasteiger partial charge < -0.3 is 13.7 Å². The van der Waals surface area contributed by atoms with Crippen LogP contribution in [-0.2, 0) is 0 Å². The van der Waals surface area contributed by atoms with Crippen molar-refractivity contribution in [3.05, 3.63) is 266 Å². The van der Waals surface area contributed by atoms with E-state index in [4.69, 9.17) is 0 Å². The van der Waals surface area contributed by atoms with E-state index in [1.165, 1.54) is 11.1 Å². The molecule has 3 aromatic heterocycles. The molecule has 4 heteroatoms. The van der Waals surface area contributed by atoms with E-state index in [0.29, 0.717) is 5.69 Å². The van der Waals surface area contributed by atoms with Gasteiger partial charge in [-0.25, -0.2) is 4.85 Å². The minimum absolute atomic E-state index is 0.568. The highest BCUT2D eigenvalue weighted by Gasteiger charge is 2.28. The quantitative estimate of drug-likeness (QED) is 0.142. The van der Waals surface area contributed by atoms with Gasteiger partial charge in [0.2, 0.25) is 5.69 Å². The normalized spacial score (nSPS) is 11.6. The van der Waals surface area contributed by atoms with Gasteiger partial charge in [0.05, 0.1) is 51.0 Å². The van der Waals surface area contributed by atoms with Crippen molar-refractivity contribution in [3.63, 3.8) is 0 Å². The van der Waals surface area contributed by atoms with E-state index in [0.717, 1.165) is 116 Å². The molecule has 0 unspecified atom stereocenters. The standard InChI is InChI=1S/C67H42N4/c1-68-58-43-64(70-60-35-31-48(44-19-7-2-8-20-44)39-54(60)55-40-49(32-36-61(55)70)45-21-9-3-10-22-45)67-65(53-29-17-18-30-59(53)69(67)52-27-15-6-16-28-52)66(58)71-62-37-33-50(46-23-11-4-12-24-46)41-56(62)57-42-51(34-38-63(57)71)47-25-13-5-14-26-47/h2-43H. The van der Waals surface area contributed by atoms with Crippen molar-refractivity contribution < 1.29 is 0 Å². The molecule has 71 heavy (non-hydrogen) atoms. The highest BCUT2D eigenvalue weighted by Crippen LogP contribution is 2.49. The highest BCUT2D eigenvalue weighted by atomic mass is 15.1. The van der Waals surface area contributed by atoms with Crippen molar-refractivity contribution in [2.24, 2.45) is 0 Å². The molecule has 0 aliphatic heterocycles. The first-order valence-electron chi connectivity index (χ1n) is 24.1. The molecule has 14 rings (SSSR count). The lowest BCUT2D eigenvalue weighted by molar-refractivity contribution is 1.12. The van der Waals surface area contributed by atoms with Gasteiger partial charge in [0.1, 0.15) is 0 Å².